The number of benzene rings is 2. The first-order chi connectivity index (χ1) is 9.60. The molecule has 20 heavy (non-hydrogen) atoms. The molecule has 2 aromatic rings. The van der Waals surface area contributed by atoms with Crippen LogP contribution in [0.1, 0.15) is 11.1 Å². The van der Waals surface area contributed by atoms with Crippen LogP contribution in [0.4, 0.5) is 4.39 Å². The zero-order chi connectivity index (χ0) is 14.5. The van der Waals surface area contributed by atoms with Gasteiger partial charge < -0.3 is 0 Å². The highest BCUT2D eigenvalue weighted by Crippen LogP contribution is 2.22. The average Bonchev–Trinajstić information content (AvgIpc) is 2.43. The van der Waals surface area contributed by atoms with Gasteiger partial charge in [0.15, 0.2) is 0 Å². The van der Waals surface area contributed by atoms with Gasteiger partial charge in [0.05, 0.1) is 0 Å². The van der Waals surface area contributed by atoms with Crippen molar-refractivity contribution in [2.45, 2.75) is 18.9 Å². The molecule has 0 saturated heterocycles. The Kier molecular flexibility index (Phi) is 5.72. The first-order valence-corrected chi connectivity index (χ1v) is 7.82. The maximum atomic E-state index is 13.1. The Morgan fingerprint density at radius 1 is 1.00 bits per heavy atom. The highest BCUT2D eigenvalue weighted by Gasteiger charge is 2.13. The van der Waals surface area contributed by atoms with Crippen molar-refractivity contribution in [1.82, 2.24) is 5.43 Å². The number of halogens is 3. The molecule has 0 fully saturated rings. The van der Waals surface area contributed by atoms with Crippen LogP contribution in [0, 0.1) is 5.82 Å². The van der Waals surface area contributed by atoms with E-state index in [2.05, 4.69) is 43.4 Å². The lowest BCUT2D eigenvalue weighted by molar-refractivity contribution is 0.520. The van der Waals surface area contributed by atoms with E-state index in [0.29, 0.717) is 0 Å². The Bertz CT molecular complexity index is 590. The van der Waals surface area contributed by atoms with Crippen molar-refractivity contribution in [2.24, 2.45) is 5.84 Å². The van der Waals surface area contributed by atoms with Gasteiger partial charge in [0, 0.05) is 15.0 Å². The Morgan fingerprint density at radius 3 is 2.25 bits per heavy atom. The SMILES string of the molecule is NNC(Cc1ccccc1Br)Cc1ccc(F)cc1Br. The molecular formula is C15H15Br2FN2. The molecule has 0 radical (unpaired) electrons. The molecule has 1 unspecified atom stereocenters. The second-order valence-electron chi connectivity index (χ2n) is 4.60. The van der Waals surface area contributed by atoms with Crippen LogP contribution >= 0.6 is 31.9 Å². The summed E-state index contributed by atoms with van der Waals surface area (Å²) < 4.78 is 14.9. The molecule has 0 aliphatic heterocycles. The maximum absolute atomic E-state index is 13.1. The summed E-state index contributed by atoms with van der Waals surface area (Å²) >= 11 is 6.92. The largest absolute Gasteiger partial charge is 0.271 e. The van der Waals surface area contributed by atoms with Gasteiger partial charge in [-0.3, -0.25) is 11.3 Å². The number of nitrogens with one attached hydrogen (secondary N) is 1. The molecule has 3 N–H and O–H groups in total. The topological polar surface area (TPSA) is 38.0 Å². The van der Waals surface area contributed by atoms with E-state index in [1.807, 2.05) is 18.2 Å². The first kappa shape index (κ1) is 15.6. The molecular weight excluding hydrogens is 387 g/mol. The van der Waals surface area contributed by atoms with Crippen LogP contribution in [0.2, 0.25) is 0 Å². The minimum atomic E-state index is -0.247. The normalized spacial score (nSPS) is 12.4. The van der Waals surface area contributed by atoms with Crippen LogP contribution in [0.15, 0.2) is 51.4 Å². The van der Waals surface area contributed by atoms with Crippen molar-refractivity contribution in [1.29, 1.82) is 0 Å². The van der Waals surface area contributed by atoms with Gasteiger partial charge in [-0.25, -0.2) is 4.39 Å². The minimum absolute atomic E-state index is 0.0791. The van der Waals surface area contributed by atoms with Crippen LogP contribution in [0.3, 0.4) is 0 Å². The molecule has 1 atom stereocenters. The second kappa shape index (κ2) is 7.31. The summed E-state index contributed by atoms with van der Waals surface area (Å²) in [6.07, 6.45) is 1.51. The van der Waals surface area contributed by atoms with Gasteiger partial charge >= 0.3 is 0 Å². The zero-order valence-electron chi connectivity index (χ0n) is 10.7. The third-order valence-corrected chi connectivity index (χ3v) is 4.65. The van der Waals surface area contributed by atoms with Crippen LogP contribution < -0.4 is 11.3 Å². The molecule has 0 spiro atoms. The van der Waals surface area contributed by atoms with Gasteiger partial charge in [-0.15, -0.1) is 0 Å². The lowest BCUT2D eigenvalue weighted by Crippen LogP contribution is -2.38. The van der Waals surface area contributed by atoms with E-state index in [9.17, 15) is 4.39 Å². The highest BCUT2D eigenvalue weighted by molar-refractivity contribution is 9.10. The van der Waals surface area contributed by atoms with Crippen molar-refractivity contribution < 1.29 is 4.39 Å². The number of hydrazine groups is 1. The van der Waals surface area contributed by atoms with Gasteiger partial charge in [-0.2, -0.15) is 0 Å². The van der Waals surface area contributed by atoms with Crippen molar-refractivity contribution in [2.75, 3.05) is 0 Å². The molecule has 5 heteroatoms. The van der Waals surface area contributed by atoms with Gasteiger partial charge in [0.2, 0.25) is 0 Å². The molecule has 0 bridgehead atoms. The van der Waals surface area contributed by atoms with E-state index >= 15 is 0 Å². The van der Waals surface area contributed by atoms with E-state index in [4.69, 9.17) is 5.84 Å². The predicted molar refractivity (Wildman–Crippen MR) is 86.8 cm³/mol. The van der Waals surface area contributed by atoms with Gasteiger partial charge in [0.25, 0.3) is 0 Å². The third-order valence-electron chi connectivity index (χ3n) is 3.14. The summed E-state index contributed by atoms with van der Waals surface area (Å²) in [6, 6.07) is 12.9. The standard InChI is InChI=1S/C15H15Br2FN2/c16-14-4-2-1-3-10(14)7-13(20-19)8-11-5-6-12(18)9-15(11)17/h1-6,9,13,20H,7-8,19H2. The fourth-order valence-corrected chi connectivity index (χ4v) is 3.03. The Balaban J connectivity index is 2.11. The van der Waals surface area contributed by atoms with E-state index < -0.39 is 0 Å². The van der Waals surface area contributed by atoms with E-state index in [1.165, 1.54) is 17.7 Å². The molecule has 2 nitrogen and oxygen atoms in total. The Labute approximate surface area is 134 Å². The number of nitrogens with two attached hydrogens (primary N) is 1. The van der Waals surface area contributed by atoms with Crippen molar-refractivity contribution in [3.8, 4) is 0 Å². The third kappa shape index (κ3) is 4.12. The molecule has 106 valence electrons. The molecule has 0 aromatic heterocycles. The molecule has 0 aliphatic carbocycles. The summed E-state index contributed by atoms with van der Waals surface area (Å²) in [4.78, 5) is 0. The predicted octanol–water partition coefficient (Wildman–Crippen LogP) is 3.97. The monoisotopic (exact) mass is 400 g/mol. The maximum Gasteiger partial charge on any atom is 0.124 e. The van der Waals surface area contributed by atoms with Crippen LogP contribution in [0.25, 0.3) is 0 Å². The Morgan fingerprint density at radius 2 is 1.65 bits per heavy atom. The lowest BCUT2D eigenvalue weighted by atomic mass is 9.99. The van der Waals surface area contributed by atoms with Crippen molar-refractivity contribution in [3.05, 3.63) is 68.4 Å². The summed E-state index contributed by atoms with van der Waals surface area (Å²) in [5.74, 6) is 5.40. The van der Waals surface area contributed by atoms with Crippen molar-refractivity contribution in [3.63, 3.8) is 0 Å². The fraction of sp³-hybridized carbons (Fsp3) is 0.200. The van der Waals surface area contributed by atoms with E-state index in [1.54, 1.807) is 6.07 Å². The van der Waals surface area contributed by atoms with E-state index in [-0.39, 0.29) is 11.9 Å². The van der Waals surface area contributed by atoms with Crippen LogP contribution in [0.5, 0.6) is 0 Å². The van der Waals surface area contributed by atoms with Gasteiger partial charge in [-0.1, -0.05) is 56.1 Å². The summed E-state index contributed by atoms with van der Waals surface area (Å²) in [5, 5.41) is 0. The number of rotatable bonds is 5. The minimum Gasteiger partial charge on any atom is -0.271 e. The van der Waals surface area contributed by atoms with Gasteiger partial charge in [-0.05, 0) is 42.2 Å². The average molecular weight is 402 g/mol. The zero-order valence-corrected chi connectivity index (χ0v) is 13.9. The number of hydrogen-bond acceptors (Lipinski definition) is 2. The fourth-order valence-electron chi connectivity index (χ4n) is 2.07. The molecule has 0 saturated carbocycles. The molecule has 2 aromatic carbocycles. The Hall–Kier alpha value is -0.750. The molecule has 0 heterocycles. The highest BCUT2D eigenvalue weighted by atomic mass is 79.9. The van der Waals surface area contributed by atoms with Crippen LogP contribution in [-0.4, -0.2) is 6.04 Å². The number of hydrogen-bond donors (Lipinski definition) is 2. The quantitative estimate of drug-likeness (QED) is 0.587. The smallest absolute Gasteiger partial charge is 0.124 e. The van der Waals surface area contributed by atoms with Gasteiger partial charge in [0.1, 0.15) is 5.82 Å². The summed E-state index contributed by atoms with van der Waals surface area (Å²) in [5.41, 5.74) is 5.05. The van der Waals surface area contributed by atoms with Crippen LogP contribution in [-0.2, 0) is 12.8 Å². The molecule has 0 aliphatic rings. The first-order valence-electron chi connectivity index (χ1n) is 6.23. The second-order valence-corrected chi connectivity index (χ2v) is 6.31. The lowest BCUT2D eigenvalue weighted by Gasteiger charge is -2.17. The summed E-state index contributed by atoms with van der Waals surface area (Å²) in [7, 11) is 0. The van der Waals surface area contributed by atoms with Crippen molar-refractivity contribution >= 4 is 31.9 Å². The van der Waals surface area contributed by atoms with E-state index in [0.717, 1.165) is 27.4 Å². The molecule has 2 rings (SSSR count). The molecule has 0 amide bonds. The summed E-state index contributed by atoms with van der Waals surface area (Å²) in [6.45, 7) is 0.